The highest BCUT2D eigenvalue weighted by Crippen LogP contribution is 2.26. The number of benzene rings is 3. The van der Waals surface area contributed by atoms with Crippen LogP contribution in [0.2, 0.25) is 0 Å². The summed E-state index contributed by atoms with van der Waals surface area (Å²) in [6.45, 7) is 9.18. The molecule has 3 amide bonds. The predicted molar refractivity (Wildman–Crippen MR) is 208 cm³/mol. The van der Waals surface area contributed by atoms with E-state index >= 15 is 0 Å². The Balaban J connectivity index is 1.62. The summed E-state index contributed by atoms with van der Waals surface area (Å²) in [5.41, 5.74) is 7.96. The molecule has 3 aromatic rings. The molecule has 0 radical (unpaired) electrons. The van der Waals surface area contributed by atoms with Crippen LogP contribution in [-0.2, 0) is 32.1 Å². The number of aliphatic hydroxyl groups excluding tert-OH is 1. The largest absolute Gasteiger partial charge is 0.445 e. The number of ketones is 1. The SMILES string of the molecule is CCC(C)CNC(=O)C(N)[C@@H](O)[C@H](CC(C)C)C(=O)[C@H](CC1CCCN1C)NC(=O)[C@H](Cc1cccc2ccccc12)NC(=O)OCc1ccccc1. The first-order valence-electron chi connectivity index (χ1n) is 19.1. The number of Topliss-reactive ketones (excluding diaryl/α,β-unsaturated/α-hetero) is 1. The number of nitrogens with one attached hydrogen (secondary N) is 3. The Morgan fingerprint density at radius 1 is 0.925 bits per heavy atom. The first kappa shape index (κ1) is 41.4. The van der Waals surface area contributed by atoms with Gasteiger partial charge >= 0.3 is 6.09 Å². The third kappa shape index (κ3) is 12.1. The van der Waals surface area contributed by atoms with Gasteiger partial charge in [-0.2, -0.15) is 0 Å². The van der Waals surface area contributed by atoms with Crippen LogP contribution in [0.1, 0.15) is 70.9 Å². The second kappa shape index (κ2) is 20.2. The number of carbonyl (C=O) groups excluding carboxylic acids is 4. The summed E-state index contributed by atoms with van der Waals surface area (Å²) in [5, 5.41) is 22.1. The third-order valence-electron chi connectivity index (χ3n) is 10.5. The minimum atomic E-state index is -1.47. The minimum absolute atomic E-state index is 0.00825. The minimum Gasteiger partial charge on any atom is -0.445 e. The number of alkyl carbamates (subject to hydrolysis) is 1. The normalized spacial score (nSPS) is 18.1. The van der Waals surface area contributed by atoms with Crippen molar-refractivity contribution >= 4 is 34.5 Å². The molecule has 1 aliphatic rings. The van der Waals surface area contributed by atoms with Gasteiger partial charge in [0, 0.05) is 24.9 Å². The smallest absolute Gasteiger partial charge is 0.408 e. The van der Waals surface area contributed by atoms with E-state index in [-0.39, 0.29) is 43.1 Å². The van der Waals surface area contributed by atoms with Crippen molar-refractivity contribution in [3.05, 3.63) is 83.9 Å². The van der Waals surface area contributed by atoms with Crippen LogP contribution in [0.25, 0.3) is 10.8 Å². The summed E-state index contributed by atoms with van der Waals surface area (Å²) in [4.78, 5) is 57.5. The van der Waals surface area contributed by atoms with Crippen molar-refractivity contribution in [1.82, 2.24) is 20.9 Å². The van der Waals surface area contributed by atoms with E-state index in [4.69, 9.17) is 10.5 Å². The Hall–Kier alpha value is -4.32. The van der Waals surface area contributed by atoms with Crippen LogP contribution < -0.4 is 21.7 Å². The zero-order valence-electron chi connectivity index (χ0n) is 31.9. The molecule has 0 bridgehead atoms. The van der Waals surface area contributed by atoms with Crippen molar-refractivity contribution in [3.8, 4) is 0 Å². The van der Waals surface area contributed by atoms with Crippen LogP contribution >= 0.6 is 0 Å². The van der Waals surface area contributed by atoms with Crippen molar-refractivity contribution in [2.75, 3.05) is 20.1 Å². The van der Waals surface area contributed by atoms with Gasteiger partial charge in [-0.1, -0.05) is 107 Å². The lowest BCUT2D eigenvalue weighted by Gasteiger charge is -2.33. The molecule has 0 saturated carbocycles. The Morgan fingerprint density at radius 2 is 1.62 bits per heavy atom. The monoisotopic (exact) mass is 729 g/mol. The van der Waals surface area contributed by atoms with Gasteiger partial charge in [-0.25, -0.2) is 4.79 Å². The van der Waals surface area contributed by atoms with E-state index in [9.17, 15) is 24.3 Å². The average molecular weight is 730 g/mol. The van der Waals surface area contributed by atoms with Crippen molar-refractivity contribution < 1.29 is 29.0 Å². The van der Waals surface area contributed by atoms with Crippen LogP contribution in [0.3, 0.4) is 0 Å². The van der Waals surface area contributed by atoms with Gasteiger partial charge in [-0.05, 0) is 73.0 Å². The number of amides is 3. The Morgan fingerprint density at radius 3 is 2.30 bits per heavy atom. The number of rotatable bonds is 19. The Labute approximate surface area is 314 Å². The molecule has 1 fully saturated rings. The number of nitrogens with two attached hydrogens (primary N) is 1. The molecule has 6 N–H and O–H groups in total. The molecule has 3 unspecified atom stereocenters. The lowest BCUT2D eigenvalue weighted by molar-refractivity contribution is -0.136. The van der Waals surface area contributed by atoms with E-state index < -0.39 is 48.1 Å². The van der Waals surface area contributed by atoms with E-state index in [2.05, 4.69) is 20.9 Å². The van der Waals surface area contributed by atoms with Gasteiger partial charge in [0.25, 0.3) is 0 Å². The number of hydrogen-bond acceptors (Lipinski definition) is 8. The number of nitrogens with zero attached hydrogens (tertiary/aromatic N) is 1. The number of hydrogen-bond donors (Lipinski definition) is 5. The first-order valence-corrected chi connectivity index (χ1v) is 19.1. The number of carbonyl (C=O) groups is 4. The van der Waals surface area contributed by atoms with Crippen molar-refractivity contribution in [2.24, 2.45) is 23.5 Å². The lowest BCUT2D eigenvalue weighted by Crippen LogP contribution is -2.58. The molecule has 53 heavy (non-hydrogen) atoms. The number of aliphatic hydroxyl groups is 1. The molecule has 288 valence electrons. The maximum Gasteiger partial charge on any atom is 0.408 e. The fourth-order valence-corrected chi connectivity index (χ4v) is 7.01. The third-order valence-corrected chi connectivity index (χ3v) is 10.5. The molecule has 1 saturated heterocycles. The molecule has 3 aromatic carbocycles. The standard InChI is InChI=1S/C42H59N5O6/c1-6-28(4)25-44-41(51)37(43)39(49)34(22-27(2)3)38(48)35(24-32-19-13-21-47(32)5)45-40(50)36(46-42(52)53-26-29-14-8-7-9-15-29)23-31-18-12-17-30-16-10-11-20-33(30)31/h7-12,14-18,20,27-28,32,34-37,39,49H,6,13,19,21-26,43H2,1-5H3,(H,44,51)(H,45,50)(H,46,52)/t28?,32?,34-,35+,36+,37?,39+/m1/s1. The van der Waals surface area contributed by atoms with E-state index in [1.165, 1.54) is 0 Å². The van der Waals surface area contributed by atoms with Crippen LogP contribution in [0.15, 0.2) is 72.8 Å². The van der Waals surface area contributed by atoms with Crippen LogP contribution in [0.5, 0.6) is 0 Å². The summed E-state index contributed by atoms with van der Waals surface area (Å²) < 4.78 is 5.52. The molecule has 1 heterocycles. The highest BCUT2D eigenvalue weighted by Gasteiger charge is 2.41. The number of ether oxygens (including phenoxy) is 1. The van der Waals surface area contributed by atoms with Gasteiger partial charge in [0.1, 0.15) is 18.7 Å². The zero-order valence-corrected chi connectivity index (χ0v) is 31.9. The van der Waals surface area contributed by atoms with Gasteiger partial charge in [-0.3, -0.25) is 14.4 Å². The lowest BCUT2D eigenvalue weighted by atomic mass is 9.81. The van der Waals surface area contributed by atoms with Crippen molar-refractivity contribution in [1.29, 1.82) is 0 Å². The fraction of sp³-hybridized carbons (Fsp3) is 0.524. The molecule has 7 atom stereocenters. The number of fused-ring (bicyclic) bond motifs is 1. The quantitative estimate of drug-likeness (QED) is 0.118. The molecule has 0 aromatic heterocycles. The Bertz CT molecular complexity index is 1650. The predicted octanol–water partition coefficient (Wildman–Crippen LogP) is 4.73. The average Bonchev–Trinajstić information content (AvgIpc) is 3.57. The summed E-state index contributed by atoms with van der Waals surface area (Å²) in [6, 6.07) is 19.4. The maximum atomic E-state index is 14.6. The molecule has 0 spiro atoms. The fourth-order valence-electron chi connectivity index (χ4n) is 7.01. The van der Waals surface area contributed by atoms with E-state index in [1.807, 2.05) is 108 Å². The summed E-state index contributed by atoms with van der Waals surface area (Å²) in [5.74, 6) is -2.27. The molecule has 0 aliphatic carbocycles. The summed E-state index contributed by atoms with van der Waals surface area (Å²) >= 11 is 0. The van der Waals surface area contributed by atoms with Crippen molar-refractivity contribution in [2.45, 2.75) is 103 Å². The van der Waals surface area contributed by atoms with E-state index in [0.29, 0.717) is 13.0 Å². The van der Waals surface area contributed by atoms with Gasteiger partial charge < -0.3 is 36.4 Å². The van der Waals surface area contributed by atoms with Gasteiger partial charge in [0.15, 0.2) is 5.78 Å². The Kier molecular flexibility index (Phi) is 15.8. The van der Waals surface area contributed by atoms with Crippen molar-refractivity contribution in [3.63, 3.8) is 0 Å². The molecule has 11 heteroatoms. The molecular weight excluding hydrogens is 670 g/mol. The van der Waals surface area contributed by atoms with Crippen LogP contribution in [0.4, 0.5) is 4.79 Å². The molecule has 1 aliphatic heterocycles. The topological polar surface area (TPSA) is 163 Å². The van der Waals surface area contributed by atoms with Gasteiger partial charge in [0.05, 0.1) is 12.1 Å². The number of likely N-dealkylation sites (tertiary alicyclic amines) is 1. The zero-order chi connectivity index (χ0) is 38.5. The first-order chi connectivity index (χ1) is 25.4. The highest BCUT2D eigenvalue weighted by molar-refractivity contribution is 5.95. The molecule has 11 nitrogen and oxygen atoms in total. The molecular formula is C42H59N5O6. The molecule has 4 rings (SSSR count). The second-order valence-electron chi connectivity index (χ2n) is 15.1. The van der Waals surface area contributed by atoms with Gasteiger partial charge in [0.2, 0.25) is 11.8 Å². The summed E-state index contributed by atoms with van der Waals surface area (Å²) in [6.07, 6.45) is 1.12. The van der Waals surface area contributed by atoms with Crippen LogP contribution in [0, 0.1) is 17.8 Å². The van der Waals surface area contributed by atoms with E-state index in [1.54, 1.807) is 0 Å². The summed E-state index contributed by atoms with van der Waals surface area (Å²) in [7, 11) is 1.99. The van der Waals surface area contributed by atoms with Crippen LogP contribution in [-0.4, -0.2) is 84.1 Å². The maximum absolute atomic E-state index is 14.6. The van der Waals surface area contributed by atoms with Gasteiger partial charge in [-0.15, -0.1) is 0 Å². The van der Waals surface area contributed by atoms with E-state index in [0.717, 1.165) is 47.7 Å². The second-order valence-corrected chi connectivity index (χ2v) is 15.1. The highest BCUT2D eigenvalue weighted by atomic mass is 16.5.